The highest BCUT2D eigenvalue weighted by molar-refractivity contribution is 6.31. The summed E-state index contributed by atoms with van der Waals surface area (Å²) in [6.07, 6.45) is 1.11. The number of carboxylic acids is 1. The lowest BCUT2D eigenvalue weighted by atomic mass is 10.1. The number of rotatable bonds is 7. The predicted octanol–water partition coefficient (Wildman–Crippen LogP) is 5.23. The highest BCUT2D eigenvalue weighted by atomic mass is 35.5. The highest BCUT2D eigenvalue weighted by Gasteiger charge is 2.16. The Bertz CT molecular complexity index is 911. The van der Waals surface area contributed by atoms with Crippen molar-refractivity contribution in [3.05, 3.63) is 65.3 Å². The maximum absolute atomic E-state index is 11.0. The van der Waals surface area contributed by atoms with Crippen LogP contribution in [-0.2, 0) is 9.53 Å². The minimum Gasteiger partial charge on any atom is -0.481 e. The van der Waals surface area contributed by atoms with Crippen molar-refractivity contribution in [2.75, 3.05) is 6.61 Å². The van der Waals surface area contributed by atoms with Crippen LogP contribution in [0, 0.1) is 0 Å². The van der Waals surface area contributed by atoms with Gasteiger partial charge in [0.2, 0.25) is 0 Å². The zero-order valence-electron chi connectivity index (χ0n) is 14.2. The van der Waals surface area contributed by atoms with Crippen LogP contribution in [0.15, 0.2) is 54.7 Å². The Morgan fingerprint density at radius 3 is 2.65 bits per heavy atom. The third-order valence-corrected chi connectivity index (χ3v) is 4.11. The lowest BCUT2D eigenvalue weighted by Crippen LogP contribution is -2.10. The number of carbonyl (C=O) groups is 1. The largest absolute Gasteiger partial charge is 0.481 e. The van der Waals surface area contributed by atoms with Gasteiger partial charge in [-0.15, -0.1) is 0 Å². The fraction of sp³-hybridized carbons (Fsp3) is 0.200. The molecule has 6 heteroatoms. The minimum atomic E-state index is -0.898. The summed E-state index contributed by atoms with van der Waals surface area (Å²) in [4.78, 5) is 15.3. The molecule has 5 nitrogen and oxygen atoms in total. The summed E-state index contributed by atoms with van der Waals surface area (Å²) in [5.74, 6) is 0.416. The summed E-state index contributed by atoms with van der Waals surface area (Å²) in [6, 6.07) is 14.5. The van der Waals surface area contributed by atoms with Gasteiger partial charge in [-0.3, -0.25) is 9.78 Å². The van der Waals surface area contributed by atoms with Crippen molar-refractivity contribution in [1.82, 2.24) is 4.98 Å². The van der Waals surface area contributed by atoms with Crippen molar-refractivity contribution in [3.8, 4) is 11.5 Å². The number of hydrogen-bond acceptors (Lipinski definition) is 4. The average molecular weight is 372 g/mol. The number of carboxylic acid groups (broad SMARTS) is 1. The van der Waals surface area contributed by atoms with Crippen LogP contribution in [0.1, 0.15) is 25.0 Å². The Hall–Kier alpha value is -2.63. The molecule has 1 heterocycles. The van der Waals surface area contributed by atoms with Crippen LogP contribution in [0.4, 0.5) is 0 Å². The van der Waals surface area contributed by atoms with E-state index in [1.807, 2.05) is 25.1 Å². The molecule has 0 bridgehead atoms. The number of fused-ring (bicyclic) bond motifs is 1. The molecule has 1 N–H and O–H groups in total. The fourth-order valence-electron chi connectivity index (χ4n) is 2.69. The number of hydrogen-bond donors (Lipinski definition) is 1. The molecule has 0 aliphatic carbocycles. The monoisotopic (exact) mass is 371 g/mol. The molecule has 0 spiro atoms. The van der Waals surface area contributed by atoms with E-state index < -0.39 is 12.1 Å². The van der Waals surface area contributed by atoms with Crippen molar-refractivity contribution in [1.29, 1.82) is 0 Å². The Morgan fingerprint density at radius 1 is 1.19 bits per heavy atom. The molecule has 3 aromatic rings. The summed E-state index contributed by atoms with van der Waals surface area (Å²) in [6.45, 7) is 2.29. The molecule has 134 valence electrons. The van der Waals surface area contributed by atoms with E-state index in [2.05, 4.69) is 4.98 Å². The van der Waals surface area contributed by atoms with Crippen LogP contribution in [0.3, 0.4) is 0 Å². The molecule has 0 saturated carbocycles. The molecule has 0 radical (unpaired) electrons. The molecule has 0 amide bonds. The predicted molar refractivity (Wildman–Crippen MR) is 99.9 cm³/mol. The summed E-state index contributed by atoms with van der Waals surface area (Å²) in [5, 5.41) is 10.5. The van der Waals surface area contributed by atoms with E-state index in [0.717, 1.165) is 16.5 Å². The van der Waals surface area contributed by atoms with Crippen LogP contribution in [0.25, 0.3) is 10.9 Å². The SMILES string of the molecule is CCOC(CC(=O)O)c1ccc(Oc2ccnc3cc(Cl)ccc23)cc1. The average Bonchev–Trinajstić information content (AvgIpc) is 2.61. The number of pyridine rings is 1. The second-order valence-corrected chi connectivity index (χ2v) is 6.12. The van der Waals surface area contributed by atoms with Gasteiger partial charge in [-0.1, -0.05) is 23.7 Å². The molecule has 1 aromatic heterocycles. The fourth-order valence-corrected chi connectivity index (χ4v) is 2.86. The molecular formula is C20H18ClNO4. The maximum Gasteiger partial charge on any atom is 0.306 e. The smallest absolute Gasteiger partial charge is 0.306 e. The first-order valence-corrected chi connectivity index (χ1v) is 8.60. The van der Waals surface area contributed by atoms with E-state index in [0.29, 0.717) is 23.1 Å². The summed E-state index contributed by atoms with van der Waals surface area (Å²) in [5.41, 5.74) is 1.55. The second-order valence-electron chi connectivity index (χ2n) is 5.68. The molecule has 3 rings (SSSR count). The van der Waals surface area contributed by atoms with Gasteiger partial charge in [-0.25, -0.2) is 0 Å². The Kier molecular flexibility index (Phi) is 5.71. The molecule has 0 aliphatic rings. The Morgan fingerprint density at radius 2 is 1.96 bits per heavy atom. The van der Waals surface area contributed by atoms with Gasteiger partial charge < -0.3 is 14.6 Å². The molecule has 26 heavy (non-hydrogen) atoms. The maximum atomic E-state index is 11.0. The molecule has 0 saturated heterocycles. The van der Waals surface area contributed by atoms with Crippen molar-refractivity contribution < 1.29 is 19.4 Å². The summed E-state index contributed by atoms with van der Waals surface area (Å²) >= 11 is 6.01. The van der Waals surface area contributed by atoms with Gasteiger partial charge in [0.05, 0.1) is 18.0 Å². The van der Waals surface area contributed by atoms with Crippen molar-refractivity contribution in [2.24, 2.45) is 0 Å². The van der Waals surface area contributed by atoms with Gasteiger partial charge in [-0.2, -0.15) is 0 Å². The van der Waals surface area contributed by atoms with E-state index in [1.165, 1.54) is 0 Å². The van der Waals surface area contributed by atoms with Gasteiger partial charge in [0, 0.05) is 23.2 Å². The first-order chi connectivity index (χ1) is 12.6. The lowest BCUT2D eigenvalue weighted by molar-refractivity contribution is -0.140. The topological polar surface area (TPSA) is 68.7 Å². The van der Waals surface area contributed by atoms with E-state index in [9.17, 15) is 4.79 Å². The quantitative estimate of drug-likeness (QED) is 0.615. The molecular weight excluding hydrogens is 354 g/mol. The minimum absolute atomic E-state index is 0.0796. The summed E-state index contributed by atoms with van der Waals surface area (Å²) < 4.78 is 11.5. The van der Waals surface area contributed by atoms with Crippen LogP contribution in [0.2, 0.25) is 5.02 Å². The third-order valence-electron chi connectivity index (χ3n) is 3.87. The molecule has 1 atom stereocenters. The zero-order valence-corrected chi connectivity index (χ0v) is 14.9. The number of ether oxygens (including phenoxy) is 2. The van der Waals surface area contributed by atoms with E-state index in [4.69, 9.17) is 26.2 Å². The van der Waals surface area contributed by atoms with Gasteiger partial charge in [0.25, 0.3) is 0 Å². The number of aliphatic carboxylic acids is 1. The van der Waals surface area contributed by atoms with Crippen LogP contribution in [-0.4, -0.2) is 22.7 Å². The van der Waals surface area contributed by atoms with Gasteiger partial charge >= 0.3 is 5.97 Å². The van der Waals surface area contributed by atoms with Gasteiger partial charge in [0.15, 0.2) is 0 Å². The van der Waals surface area contributed by atoms with Crippen molar-refractivity contribution in [3.63, 3.8) is 0 Å². The number of halogens is 1. The number of benzene rings is 2. The van der Waals surface area contributed by atoms with E-state index in [1.54, 1.807) is 36.5 Å². The van der Waals surface area contributed by atoms with Crippen LogP contribution < -0.4 is 4.74 Å². The Balaban J connectivity index is 1.82. The molecule has 2 aromatic carbocycles. The molecule has 0 fully saturated rings. The Labute approximate surface area is 156 Å². The van der Waals surface area contributed by atoms with Crippen LogP contribution >= 0.6 is 11.6 Å². The lowest BCUT2D eigenvalue weighted by Gasteiger charge is -2.16. The van der Waals surface area contributed by atoms with E-state index >= 15 is 0 Å². The first kappa shape index (κ1) is 18.2. The zero-order chi connectivity index (χ0) is 18.5. The normalized spacial score (nSPS) is 12.1. The van der Waals surface area contributed by atoms with E-state index in [-0.39, 0.29) is 6.42 Å². The number of nitrogens with zero attached hydrogens (tertiary/aromatic N) is 1. The third kappa shape index (κ3) is 4.31. The number of aromatic nitrogens is 1. The van der Waals surface area contributed by atoms with Gasteiger partial charge in [-0.05, 0) is 48.9 Å². The highest BCUT2D eigenvalue weighted by Crippen LogP contribution is 2.31. The van der Waals surface area contributed by atoms with Crippen LogP contribution in [0.5, 0.6) is 11.5 Å². The molecule has 1 unspecified atom stereocenters. The van der Waals surface area contributed by atoms with Gasteiger partial charge in [0.1, 0.15) is 11.5 Å². The second kappa shape index (κ2) is 8.17. The standard InChI is InChI=1S/C20H18ClNO4/c1-2-25-19(12-20(23)24)13-3-6-15(7-4-13)26-18-9-10-22-17-11-14(21)5-8-16(17)18/h3-11,19H,2,12H2,1H3,(H,23,24). The van der Waals surface area contributed by atoms with Crippen molar-refractivity contribution in [2.45, 2.75) is 19.4 Å². The first-order valence-electron chi connectivity index (χ1n) is 8.22. The molecule has 0 aliphatic heterocycles. The summed E-state index contributed by atoms with van der Waals surface area (Å²) in [7, 11) is 0. The van der Waals surface area contributed by atoms with Crippen molar-refractivity contribution >= 4 is 28.5 Å².